The number of benzene rings is 2. The number of aliphatic hydroxyl groups is 1. The molecule has 0 saturated carbocycles. The summed E-state index contributed by atoms with van der Waals surface area (Å²) in [4.78, 5) is 24.5. The molecular weight excluding hydrogens is 375 g/mol. The first-order valence-electron chi connectivity index (χ1n) is 9.37. The smallest absolute Gasteiger partial charge is 0.251 e. The Morgan fingerprint density at radius 2 is 1.86 bits per heavy atom. The highest BCUT2D eigenvalue weighted by Crippen LogP contribution is 2.16. The molecule has 0 aliphatic carbocycles. The highest BCUT2D eigenvalue weighted by Gasteiger charge is 2.29. The molecule has 7 heteroatoms. The molecule has 0 bridgehead atoms. The summed E-state index contributed by atoms with van der Waals surface area (Å²) in [5.74, 6) is -1.16. The average Bonchev–Trinajstić information content (AvgIpc) is 2.74. The Morgan fingerprint density at radius 3 is 2.59 bits per heavy atom. The fourth-order valence-electron chi connectivity index (χ4n) is 3.05. The van der Waals surface area contributed by atoms with Crippen molar-refractivity contribution >= 4 is 11.8 Å². The van der Waals surface area contributed by atoms with E-state index in [9.17, 15) is 19.1 Å². The Bertz CT molecular complexity index is 872. The van der Waals surface area contributed by atoms with E-state index in [1.54, 1.807) is 12.2 Å². The maximum atomic E-state index is 13.3. The number of hydrogen-bond donors (Lipinski definition) is 3. The lowest BCUT2D eigenvalue weighted by atomic mass is 10.0. The van der Waals surface area contributed by atoms with Crippen LogP contribution in [0.2, 0.25) is 0 Å². The lowest BCUT2D eigenvalue weighted by Gasteiger charge is -2.31. The highest BCUT2D eigenvalue weighted by atomic mass is 19.1. The van der Waals surface area contributed by atoms with Crippen LogP contribution in [0.1, 0.15) is 22.3 Å². The Morgan fingerprint density at radius 1 is 1.07 bits per heavy atom. The summed E-state index contributed by atoms with van der Waals surface area (Å²) >= 11 is 0. The normalized spacial score (nSPS) is 20.8. The topological polar surface area (TPSA) is 87.7 Å². The van der Waals surface area contributed by atoms with Gasteiger partial charge in [-0.3, -0.25) is 9.59 Å². The molecule has 3 atom stereocenters. The van der Waals surface area contributed by atoms with Crippen molar-refractivity contribution in [3.05, 3.63) is 83.7 Å². The van der Waals surface area contributed by atoms with Crippen LogP contribution in [0.15, 0.2) is 66.7 Å². The van der Waals surface area contributed by atoms with Gasteiger partial charge < -0.3 is 20.5 Å². The van der Waals surface area contributed by atoms with Crippen LogP contribution in [0, 0.1) is 5.82 Å². The van der Waals surface area contributed by atoms with Crippen LogP contribution < -0.4 is 10.6 Å². The van der Waals surface area contributed by atoms with Gasteiger partial charge in [0.1, 0.15) is 11.9 Å². The molecule has 0 aromatic heterocycles. The molecular formula is C22H23FN2O4. The molecule has 0 spiro atoms. The average molecular weight is 398 g/mol. The van der Waals surface area contributed by atoms with Gasteiger partial charge in [-0.1, -0.05) is 48.6 Å². The van der Waals surface area contributed by atoms with E-state index in [0.717, 1.165) is 11.6 Å². The van der Waals surface area contributed by atoms with Crippen LogP contribution in [0.25, 0.3) is 0 Å². The van der Waals surface area contributed by atoms with Crippen molar-refractivity contribution in [2.75, 3.05) is 6.61 Å². The molecule has 3 N–H and O–H groups in total. The van der Waals surface area contributed by atoms with Crippen LogP contribution in [0.5, 0.6) is 0 Å². The van der Waals surface area contributed by atoms with E-state index in [4.69, 9.17) is 4.74 Å². The molecule has 29 heavy (non-hydrogen) atoms. The first-order chi connectivity index (χ1) is 14.0. The largest absolute Gasteiger partial charge is 0.394 e. The third-order valence-corrected chi connectivity index (χ3v) is 4.57. The lowest BCUT2D eigenvalue weighted by molar-refractivity contribution is -0.125. The van der Waals surface area contributed by atoms with Crippen molar-refractivity contribution in [2.45, 2.75) is 31.2 Å². The van der Waals surface area contributed by atoms with Crippen LogP contribution >= 0.6 is 0 Å². The molecule has 1 aliphatic rings. The molecule has 0 radical (unpaired) electrons. The molecule has 2 aromatic carbocycles. The monoisotopic (exact) mass is 398 g/mol. The summed E-state index contributed by atoms with van der Waals surface area (Å²) in [5.41, 5.74) is 1.17. The molecule has 1 heterocycles. The van der Waals surface area contributed by atoms with E-state index in [-0.39, 0.29) is 24.5 Å². The number of carbonyl (C=O) groups excluding carboxylic acids is 2. The number of carbonyl (C=O) groups is 2. The summed E-state index contributed by atoms with van der Waals surface area (Å²) in [6.45, 7) is 0.0897. The Labute approximate surface area is 168 Å². The van der Waals surface area contributed by atoms with Crippen molar-refractivity contribution in [1.29, 1.82) is 0 Å². The quantitative estimate of drug-likeness (QED) is 0.622. The Kier molecular flexibility index (Phi) is 7.10. The van der Waals surface area contributed by atoms with Crippen molar-refractivity contribution in [2.24, 2.45) is 0 Å². The fraction of sp³-hybridized carbons (Fsp3) is 0.273. The summed E-state index contributed by atoms with van der Waals surface area (Å²) in [6, 6.07) is 14.3. The van der Waals surface area contributed by atoms with Gasteiger partial charge in [0.25, 0.3) is 5.91 Å². The maximum Gasteiger partial charge on any atom is 0.251 e. The third kappa shape index (κ3) is 5.97. The number of aliphatic hydroxyl groups excluding tert-OH is 1. The number of amides is 2. The zero-order valence-electron chi connectivity index (χ0n) is 15.8. The van der Waals surface area contributed by atoms with E-state index >= 15 is 0 Å². The number of ether oxygens (including phenoxy) is 1. The summed E-state index contributed by atoms with van der Waals surface area (Å²) in [5, 5.41) is 15.2. The molecule has 152 valence electrons. The minimum Gasteiger partial charge on any atom is -0.394 e. The van der Waals surface area contributed by atoms with Crippen molar-refractivity contribution in [1.82, 2.24) is 10.6 Å². The SMILES string of the molecule is O=C(C[C@@H]1C=C[C@H](NC(=O)c2cccc(F)c2)[C@H](CO)O1)NCc1ccccc1. The van der Waals surface area contributed by atoms with Gasteiger partial charge in [0, 0.05) is 12.1 Å². The summed E-state index contributed by atoms with van der Waals surface area (Å²) in [7, 11) is 0. The minimum atomic E-state index is -0.704. The second-order valence-electron chi connectivity index (χ2n) is 6.76. The molecule has 2 amide bonds. The standard InChI is InChI=1S/C22H23FN2O4/c23-17-8-4-7-16(11-17)22(28)25-19-10-9-18(29-20(19)14-26)12-21(27)24-13-15-5-2-1-3-6-15/h1-11,18-20,26H,12-14H2,(H,24,27)(H,25,28)/t18-,19-,20-/m0/s1. The lowest BCUT2D eigenvalue weighted by Crippen LogP contribution is -2.49. The molecule has 3 rings (SSSR count). The molecule has 2 aromatic rings. The number of halogens is 1. The minimum absolute atomic E-state index is 0.102. The third-order valence-electron chi connectivity index (χ3n) is 4.57. The Balaban J connectivity index is 1.53. The maximum absolute atomic E-state index is 13.3. The number of rotatable bonds is 7. The second-order valence-corrected chi connectivity index (χ2v) is 6.76. The highest BCUT2D eigenvalue weighted by molar-refractivity contribution is 5.94. The van der Waals surface area contributed by atoms with Crippen molar-refractivity contribution < 1.29 is 23.8 Å². The van der Waals surface area contributed by atoms with Crippen LogP contribution in [0.3, 0.4) is 0 Å². The van der Waals surface area contributed by atoms with Gasteiger partial charge in [-0.2, -0.15) is 0 Å². The predicted octanol–water partition coefficient (Wildman–Crippen LogP) is 1.95. The second kappa shape index (κ2) is 9.95. The molecule has 1 aliphatic heterocycles. The zero-order chi connectivity index (χ0) is 20.6. The van der Waals surface area contributed by atoms with Gasteiger partial charge in [-0.15, -0.1) is 0 Å². The van der Waals surface area contributed by atoms with Gasteiger partial charge in [-0.05, 0) is 23.8 Å². The molecule has 0 saturated heterocycles. The van der Waals surface area contributed by atoms with Gasteiger partial charge in [0.2, 0.25) is 5.91 Å². The van der Waals surface area contributed by atoms with Gasteiger partial charge in [0.15, 0.2) is 0 Å². The number of hydrogen-bond acceptors (Lipinski definition) is 4. The van der Waals surface area contributed by atoms with Gasteiger partial charge in [0.05, 0.1) is 25.2 Å². The van der Waals surface area contributed by atoms with Crippen molar-refractivity contribution in [3.8, 4) is 0 Å². The van der Waals surface area contributed by atoms with Crippen LogP contribution in [-0.2, 0) is 16.1 Å². The van der Waals surface area contributed by atoms with E-state index < -0.39 is 30.0 Å². The van der Waals surface area contributed by atoms with E-state index in [0.29, 0.717) is 6.54 Å². The van der Waals surface area contributed by atoms with E-state index in [2.05, 4.69) is 10.6 Å². The molecule has 0 fully saturated rings. The van der Waals surface area contributed by atoms with E-state index in [1.807, 2.05) is 30.3 Å². The first-order valence-corrected chi connectivity index (χ1v) is 9.37. The number of nitrogens with one attached hydrogen (secondary N) is 2. The molecule has 0 unspecified atom stereocenters. The van der Waals surface area contributed by atoms with Crippen LogP contribution in [-0.4, -0.2) is 41.8 Å². The summed E-state index contributed by atoms with van der Waals surface area (Å²) < 4.78 is 19.0. The first kappa shape index (κ1) is 20.7. The van der Waals surface area contributed by atoms with E-state index in [1.165, 1.54) is 18.2 Å². The van der Waals surface area contributed by atoms with Gasteiger partial charge >= 0.3 is 0 Å². The summed E-state index contributed by atoms with van der Waals surface area (Å²) in [6.07, 6.45) is 2.26. The fourth-order valence-corrected chi connectivity index (χ4v) is 3.05. The Hall–Kier alpha value is -3.03. The zero-order valence-corrected chi connectivity index (χ0v) is 15.8. The van der Waals surface area contributed by atoms with Crippen LogP contribution in [0.4, 0.5) is 4.39 Å². The molecule has 6 nitrogen and oxygen atoms in total. The van der Waals surface area contributed by atoms with Crippen molar-refractivity contribution in [3.63, 3.8) is 0 Å². The van der Waals surface area contributed by atoms with Gasteiger partial charge in [-0.25, -0.2) is 4.39 Å². The predicted molar refractivity (Wildman–Crippen MR) is 105 cm³/mol.